The van der Waals surface area contributed by atoms with Gasteiger partial charge >= 0.3 is 0 Å². The van der Waals surface area contributed by atoms with Gasteiger partial charge in [-0.05, 0) is 36.8 Å². The number of hydrogen-bond donors (Lipinski definition) is 1. The zero-order valence-electron chi connectivity index (χ0n) is 10.8. The quantitative estimate of drug-likeness (QED) is 0.841. The molecule has 2 aliphatic rings. The fourth-order valence-corrected chi connectivity index (χ4v) is 3.52. The molecule has 0 bridgehead atoms. The summed E-state index contributed by atoms with van der Waals surface area (Å²) in [4.78, 5) is 14.8. The zero-order valence-corrected chi connectivity index (χ0v) is 11.7. The van der Waals surface area contributed by atoms with Gasteiger partial charge in [0.25, 0.3) is 5.91 Å². The van der Waals surface area contributed by atoms with Crippen molar-refractivity contribution in [2.75, 3.05) is 13.1 Å². The van der Waals surface area contributed by atoms with Crippen molar-refractivity contribution in [3.63, 3.8) is 0 Å². The van der Waals surface area contributed by atoms with Crippen LogP contribution in [0.2, 0.25) is 0 Å². The van der Waals surface area contributed by atoms with Crippen LogP contribution in [0.3, 0.4) is 0 Å². The number of likely N-dealkylation sites (tertiary alicyclic amines) is 1. The molecule has 1 heterocycles. The predicted molar refractivity (Wildman–Crippen MR) is 79.1 cm³/mol. The van der Waals surface area contributed by atoms with E-state index in [0.29, 0.717) is 10.6 Å². The van der Waals surface area contributed by atoms with Crippen LogP contribution < -0.4 is 5.73 Å². The van der Waals surface area contributed by atoms with E-state index in [4.69, 9.17) is 18.0 Å². The number of fused-ring (bicyclic) bond motifs is 1. The van der Waals surface area contributed by atoms with E-state index in [0.717, 1.165) is 30.5 Å². The minimum absolute atomic E-state index is 0.118. The third-order valence-corrected chi connectivity index (χ3v) is 4.64. The van der Waals surface area contributed by atoms with Crippen LogP contribution in [0, 0.1) is 11.8 Å². The molecule has 1 aromatic rings. The van der Waals surface area contributed by atoms with Crippen molar-refractivity contribution in [1.82, 2.24) is 4.90 Å². The molecule has 1 aromatic carbocycles. The Morgan fingerprint density at radius 3 is 2.47 bits per heavy atom. The number of amides is 1. The highest BCUT2D eigenvalue weighted by molar-refractivity contribution is 7.80. The topological polar surface area (TPSA) is 46.3 Å². The van der Waals surface area contributed by atoms with E-state index in [-0.39, 0.29) is 5.91 Å². The lowest BCUT2D eigenvalue weighted by Gasteiger charge is -2.17. The van der Waals surface area contributed by atoms with Gasteiger partial charge in [-0.2, -0.15) is 0 Å². The van der Waals surface area contributed by atoms with Crippen LogP contribution >= 0.6 is 12.2 Å². The molecule has 1 aliphatic heterocycles. The summed E-state index contributed by atoms with van der Waals surface area (Å²) in [7, 11) is 0. The molecule has 1 aliphatic carbocycles. The zero-order chi connectivity index (χ0) is 13.4. The number of carbonyl (C=O) groups is 1. The first-order chi connectivity index (χ1) is 9.15. The van der Waals surface area contributed by atoms with Gasteiger partial charge in [-0.3, -0.25) is 4.79 Å². The van der Waals surface area contributed by atoms with E-state index in [1.54, 1.807) is 6.07 Å². The molecule has 4 heteroatoms. The maximum absolute atomic E-state index is 12.5. The number of thiocarbonyl (C=S) groups is 1. The van der Waals surface area contributed by atoms with Crippen LogP contribution in [-0.4, -0.2) is 28.9 Å². The van der Waals surface area contributed by atoms with Gasteiger partial charge in [-0.15, -0.1) is 0 Å². The fraction of sp³-hybridized carbons (Fsp3) is 0.467. The minimum atomic E-state index is 0.118. The minimum Gasteiger partial charge on any atom is -0.389 e. The van der Waals surface area contributed by atoms with Gasteiger partial charge in [0.15, 0.2) is 0 Å². The van der Waals surface area contributed by atoms with Crippen LogP contribution in [0.1, 0.15) is 35.2 Å². The van der Waals surface area contributed by atoms with Gasteiger partial charge in [0.2, 0.25) is 0 Å². The largest absolute Gasteiger partial charge is 0.389 e. The fourth-order valence-electron chi connectivity index (χ4n) is 3.39. The molecule has 2 unspecified atom stereocenters. The van der Waals surface area contributed by atoms with Gasteiger partial charge < -0.3 is 10.6 Å². The Bertz CT molecular complexity index is 517. The average molecular weight is 274 g/mol. The molecule has 1 saturated carbocycles. The summed E-state index contributed by atoms with van der Waals surface area (Å²) >= 11 is 4.96. The van der Waals surface area contributed by atoms with Gasteiger partial charge in [0.1, 0.15) is 4.99 Å². The smallest absolute Gasteiger partial charge is 0.253 e. The van der Waals surface area contributed by atoms with Crippen LogP contribution in [0.15, 0.2) is 24.3 Å². The van der Waals surface area contributed by atoms with Gasteiger partial charge in [-0.1, -0.05) is 30.8 Å². The Labute approximate surface area is 118 Å². The van der Waals surface area contributed by atoms with Crippen molar-refractivity contribution in [2.24, 2.45) is 17.6 Å². The Hall–Kier alpha value is -1.42. The Morgan fingerprint density at radius 1 is 1.21 bits per heavy atom. The number of benzene rings is 1. The third kappa shape index (κ3) is 2.37. The maximum Gasteiger partial charge on any atom is 0.253 e. The summed E-state index contributed by atoms with van der Waals surface area (Å²) in [5.74, 6) is 1.57. The molecule has 2 fully saturated rings. The number of hydrogen-bond acceptors (Lipinski definition) is 2. The first kappa shape index (κ1) is 12.6. The first-order valence-corrected chi connectivity index (χ1v) is 7.25. The van der Waals surface area contributed by atoms with Crippen LogP contribution in [0.25, 0.3) is 0 Å². The second-order valence-corrected chi connectivity index (χ2v) is 6.05. The van der Waals surface area contributed by atoms with E-state index in [9.17, 15) is 4.79 Å². The lowest BCUT2D eigenvalue weighted by atomic mass is 10.0. The van der Waals surface area contributed by atoms with Crippen LogP contribution in [0.4, 0.5) is 0 Å². The molecule has 3 nitrogen and oxygen atoms in total. The first-order valence-electron chi connectivity index (χ1n) is 6.84. The van der Waals surface area contributed by atoms with Crippen molar-refractivity contribution in [3.05, 3.63) is 35.4 Å². The van der Waals surface area contributed by atoms with Crippen molar-refractivity contribution in [3.8, 4) is 0 Å². The lowest BCUT2D eigenvalue weighted by molar-refractivity contribution is 0.0780. The summed E-state index contributed by atoms with van der Waals surface area (Å²) in [5.41, 5.74) is 7.08. The van der Waals surface area contributed by atoms with Gasteiger partial charge in [0.05, 0.1) is 0 Å². The van der Waals surface area contributed by atoms with Gasteiger partial charge in [0, 0.05) is 24.2 Å². The van der Waals surface area contributed by atoms with E-state index in [1.165, 1.54) is 19.3 Å². The molecule has 19 heavy (non-hydrogen) atoms. The molecule has 1 saturated heterocycles. The highest BCUT2D eigenvalue weighted by Crippen LogP contribution is 2.38. The second-order valence-electron chi connectivity index (χ2n) is 5.61. The van der Waals surface area contributed by atoms with E-state index in [1.807, 2.05) is 23.1 Å². The lowest BCUT2D eigenvalue weighted by Crippen LogP contribution is -2.29. The second kappa shape index (κ2) is 4.93. The number of nitrogens with two attached hydrogens (primary N) is 1. The van der Waals surface area contributed by atoms with E-state index < -0.39 is 0 Å². The van der Waals surface area contributed by atoms with Crippen molar-refractivity contribution >= 4 is 23.1 Å². The Kier molecular flexibility index (Phi) is 3.27. The molecule has 1 amide bonds. The number of nitrogens with zero attached hydrogens (tertiary/aromatic N) is 1. The molecule has 0 spiro atoms. The number of rotatable bonds is 2. The van der Waals surface area contributed by atoms with Crippen molar-refractivity contribution in [2.45, 2.75) is 19.3 Å². The van der Waals surface area contributed by atoms with Crippen molar-refractivity contribution < 1.29 is 4.79 Å². The highest BCUT2D eigenvalue weighted by atomic mass is 32.1. The molecule has 100 valence electrons. The highest BCUT2D eigenvalue weighted by Gasteiger charge is 2.38. The average Bonchev–Trinajstić information content (AvgIpc) is 2.98. The molecular formula is C15H18N2OS. The normalized spacial score (nSPS) is 25.4. The number of carbonyl (C=O) groups excluding carboxylic acids is 1. The molecule has 0 radical (unpaired) electrons. The molecular weight excluding hydrogens is 256 g/mol. The van der Waals surface area contributed by atoms with Crippen LogP contribution in [-0.2, 0) is 0 Å². The summed E-state index contributed by atoms with van der Waals surface area (Å²) in [6.45, 7) is 1.83. The Balaban J connectivity index is 1.77. The SMILES string of the molecule is NC(=S)c1cccc(C(=O)N2CC3CCCC3C2)c1. The third-order valence-electron chi connectivity index (χ3n) is 4.41. The maximum atomic E-state index is 12.5. The summed E-state index contributed by atoms with van der Waals surface area (Å²) in [6.07, 6.45) is 3.89. The van der Waals surface area contributed by atoms with Crippen molar-refractivity contribution in [1.29, 1.82) is 0 Å². The molecule has 2 atom stereocenters. The van der Waals surface area contributed by atoms with Gasteiger partial charge in [-0.25, -0.2) is 0 Å². The molecule has 3 rings (SSSR count). The van der Waals surface area contributed by atoms with E-state index in [2.05, 4.69) is 0 Å². The summed E-state index contributed by atoms with van der Waals surface area (Å²) < 4.78 is 0. The molecule has 2 N–H and O–H groups in total. The standard InChI is InChI=1S/C15H18N2OS/c16-14(19)10-3-1-4-11(7-10)15(18)17-8-12-5-2-6-13(12)9-17/h1,3-4,7,12-13H,2,5-6,8-9H2,(H2,16,19). The monoisotopic (exact) mass is 274 g/mol. The predicted octanol–water partition coefficient (Wildman–Crippen LogP) is 2.19. The summed E-state index contributed by atoms with van der Waals surface area (Å²) in [6, 6.07) is 7.34. The molecule has 0 aromatic heterocycles. The van der Waals surface area contributed by atoms with E-state index >= 15 is 0 Å². The Morgan fingerprint density at radius 2 is 1.84 bits per heavy atom. The summed E-state index contributed by atoms with van der Waals surface area (Å²) in [5, 5.41) is 0. The van der Waals surface area contributed by atoms with Crippen LogP contribution in [0.5, 0.6) is 0 Å².